The summed E-state index contributed by atoms with van der Waals surface area (Å²) < 4.78 is 24.2. The molecule has 1 N–H and O–H groups in total. The van der Waals surface area contributed by atoms with Gasteiger partial charge in [-0.25, -0.2) is 4.57 Å². The largest absolute Gasteiger partial charge is 0.508 e. The van der Waals surface area contributed by atoms with Crippen LogP contribution >= 0.6 is 18.2 Å². The molecule has 0 aliphatic rings. The van der Waals surface area contributed by atoms with E-state index in [4.69, 9.17) is 9.05 Å². The van der Waals surface area contributed by atoms with Crippen LogP contribution in [0.25, 0.3) is 11.1 Å². The third-order valence-corrected chi connectivity index (χ3v) is 8.53. The molecule has 0 spiro atoms. The van der Waals surface area contributed by atoms with Gasteiger partial charge in [0, 0.05) is 5.56 Å². The molecule has 0 bridgehead atoms. The first kappa shape index (κ1) is 21.7. The van der Waals surface area contributed by atoms with Crippen LogP contribution in [0.3, 0.4) is 0 Å². The minimum atomic E-state index is -3.39. The lowest BCUT2D eigenvalue weighted by molar-refractivity contribution is 0.236. The van der Waals surface area contributed by atoms with E-state index in [1.807, 2.05) is 54.6 Å². The molecule has 3 rings (SSSR count). The van der Waals surface area contributed by atoms with Crippen LogP contribution in [0.1, 0.15) is 30.2 Å². The van der Waals surface area contributed by atoms with Crippen LogP contribution in [-0.2, 0) is 13.6 Å². The zero-order valence-electron chi connectivity index (χ0n) is 16.5. The van der Waals surface area contributed by atoms with E-state index in [1.54, 1.807) is 26.0 Å². The molecule has 1 atom stereocenters. The summed E-state index contributed by atoms with van der Waals surface area (Å²) in [5.74, 6) is 0.150. The molecule has 6 heteroatoms. The van der Waals surface area contributed by atoms with Crippen LogP contribution in [0, 0.1) is 0 Å². The fourth-order valence-corrected chi connectivity index (χ4v) is 7.19. The first-order chi connectivity index (χ1) is 14.1. The van der Waals surface area contributed by atoms with E-state index in [1.165, 1.54) is 0 Å². The highest BCUT2D eigenvalue weighted by Crippen LogP contribution is 2.67. The number of phenolic OH excluding ortho intramolecular Hbond substituents is 1. The Bertz CT molecular complexity index is 950. The molecule has 4 nitrogen and oxygen atoms in total. The highest BCUT2D eigenvalue weighted by molar-refractivity contribution is 8.55. The number of benzene rings is 3. The molecule has 0 radical (unpaired) electrons. The average Bonchev–Trinajstić information content (AvgIpc) is 2.74. The predicted octanol–water partition coefficient (Wildman–Crippen LogP) is 7.06. The van der Waals surface area contributed by atoms with Crippen molar-refractivity contribution in [1.82, 2.24) is 0 Å². The Morgan fingerprint density at radius 3 is 1.97 bits per heavy atom. The summed E-state index contributed by atoms with van der Waals surface area (Å²) in [5.41, 5.74) is 3.80. The highest BCUT2D eigenvalue weighted by atomic mass is 32.7. The van der Waals surface area contributed by atoms with Crippen LogP contribution < -0.4 is 0 Å². The molecule has 0 aromatic heterocycles. The summed E-state index contributed by atoms with van der Waals surface area (Å²) in [4.78, 5) is 0. The Morgan fingerprint density at radius 1 is 0.828 bits per heavy atom. The number of phenols is 1. The van der Waals surface area contributed by atoms with E-state index in [0.29, 0.717) is 5.56 Å². The molecule has 1 unspecified atom stereocenters. The maximum absolute atomic E-state index is 13.2. The Labute approximate surface area is 176 Å². The zero-order chi connectivity index (χ0) is 20.7. The molecule has 0 aliphatic carbocycles. The van der Waals surface area contributed by atoms with E-state index >= 15 is 0 Å². The maximum Gasteiger partial charge on any atom is 0.390 e. The Balaban J connectivity index is 1.99. The van der Waals surface area contributed by atoms with Crippen molar-refractivity contribution in [3.05, 3.63) is 90.0 Å². The van der Waals surface area contributed by atoms with Crippen LogP contribution in [-0.4, -0.2) is 18.3 Å². The molecule has 0 saturated heterocycles. The fourth-order valence-electron chi connectivity index (χ4n) is 3.03. The van der Waals surface area contributed by atoms with Crippen molar-refractivity contribution in [1.29, 1.82) is 0 Å². The third kappa shape index (κ3) is 5.52. The molecule has 0 heterocycles. The second-order valence-electron chi connectivity index (χ2n) is 6.32. The summed E-state index contributed by atoms with van der Waals surface area (Å²) in [7, 11) is 0. The topological polar surface area (TPSA) is 55.8 Å². The lowest BCUT2D eigenvalue weighted by Gasteiger charge is -2.24. The highest BCUT2D eigenvalue weighted by Gasteiger charge is 2.32. The van der Waals surface area contributed by atoms with E-state index in [-0.39, 0.29) is 19.0 Å². The van der Waals surface area contributed by atoms with Gasteiger partial charge in [0.15, 0.2) is 0 Å². The third-order valence-electron chi connectivity index (χ3n) is 4.35. The second-order valence-corrected chi connectivity index (χ2v) is 10.4. The van der Waals surface area contributed by atoms with Crippen LogP contribution in [0.2, 0.25) is 0 Å². The van der Waals surface area contributed by atoms with E-state index in [2.05, 4.69) is 12.1 Å². The van der Waals surface area contributed by atoms with Crippen molar-refractivity contribution in [2.45, 2.75) is 19.1 Å². The van der Waals surface area contributed by atoms with Gasteiger partial charge in [-0.1, -0.05) is 72.8 Å². The lowest BCUT2D eigenvalue weighted by Crippen LogP contribution is -2.01. The van der Waals surface area contributed by atoms with Gasteiger partial charge in [0.25, 0.3) is 0 Å². The number of para-hydroxylation sites is 1. The smallest absolute Gasteiger partial charge is 0.390 e. The van der Waals surface area contributed by atoms with Crippen LogP contribution in [0.4, 0.5) is 0 Å². The summed E-state index contributed by atoms with van der Waals surface area (Å²) >= 11 is 1.11. The monoisotopic (exact) mass is 428 g/mol. The molecule has 0 amide bonds. The quantitative estimate of drug-likeness (QED) is 0.370. The normalized spacial score (nSPS) is 12.6. The molecular weight excluding hydrogens is 403 g/mol. The van der Waals surface area contributed by atoms with Crippen molar-refractivity contribution in [3.8, 4) is 16.9 Å². The first-order valence-corrected chi connectivity index (χ1v) is 12.6. The van der Waals surface area contributed by atoms with E-state index in [0.717, 1.165) is 28.1 Å². The van der Waals surface area contributed by atoms with Gasteiger partial charge in [-0.2, -0.15) is 0 Å². The number of aromatic hydroxyl groups is 1. The molecule has 3 aromatic carbocycles. The number of hydrogen-bond donors (Lipinski definition) is 1. The van der Waals surface area contributed by atoms with Crippen LogP contribution in [0.5, 0.6) is 5.75 Å². The zero-order valence-corrected chi connectivity index (χ0v) is 18.2. The molecule has 0 fully saturated rings. The molecule has 0 aliphatic heterocycles. The van der Waals surface area contributed by atoms with Gasteiger partial charge in [-0.05, 0) is 48.0 Å². The van der Waals surface area contributed by atoms with Gasteiger partial charge in [0.05, 0.1) is 18.5 Å². The van der Waals surface area contributed by atoms with E-state index in [9.17, 15) is 9.67 Å². The van der Waals surface area contributed by atoms with Gasteiger partial charge in [-0.15, -0.1) is 0 Å². The van der Waals surface area contributed by atoms with Gasteiger partial charge in [0.1, 0.15) is 5.75 Å². The minimum absolute atomic E-state index is 0.150. The maximum atomic E-state index is 13.2. The average molecular weight is 428 g/mol. The molecule has 3 aromatic rings. The first-order valence-electron chi connectivity index (χ1n) is 9.57. The Morgan fingerprint density at radius 2 is 1.38 bits per heavy atom. The summed E-state index contributed by atoms with van der Waals surface area (Å²) in [6.45, 7) is 0.749. The number of hydrogen-bond acceptors (Lipinski definition) is 5. The Hall–Kier alpha value is -2.04. The SMILES string of the molecule is CCOP(=O)(OCC)SC(c1ccc(-c2ccccc2)cc1)c1ccccc1O. The van der Waals surface area contributed by atoms with Crippen molar-refractivity contribution in [2.75, 3.05) is 13.2 Å². The van der Waals surface area contributed by atoms with Crippen LogP contribution in [0.15, 0.2) is 78.9 Å². The fraction of sp³-hybridized carbons (Fsp3) is 0.217. The van der Waals surface area contributed by atoms with Gasteiger partial charge < -0.3 is 14.2 Å². The summed E-state index contributed by atoms with van der Waals surface area (Å²) in [6, 6.07) is 25.3. The second kappa shape index (κ2) is 10.1. The molecule has 29 heavy (non-hydrogen) atoms. The van der Waals surface area contributed by atoms with Crippen molar-refractivity contribution in [2.24, 2.45) is 0 Å². The summed E-state index contributed by atoms with van der Waals surface area (Å²) in [5, 5.41) is 10.0. The number of rotatable bonds is 9. The van der Waals surface area contributed by atoms with Gasteiger partial charge >= 0.3 is 6.80 Å². The van der Waals surface area contributed by atoms with Crippen molar-refractivity contribution >= 4 is 18.2 Å². The summed E-state index contributed by atoms with van der Waals surface area (Å²) in [6.07, 6.45) is 0. The molecule has 0 saturated carbocycles. The predicted molar refractivity (Wildman–Crippen MR) is 120 cm³/mol. The minimum Gasteiger partial charge on any atom is -0.508 e. The standard InChI is InChI=1S/C23H25O4PS/c1-3-26-28(25,27-4-2)29-23(21-12-8-9-13-22(21)24)20-16-14-19(15-17-20)18-10-6-5-7-11-18/h5-17,23-24H,3-4H2,1-2H3. The molecule has 152 valence electrons. The van der Waals surface area contributed by atoms with Gasteiger partial charge in [0.2, 0.25) is 0 Å². The molecular formula is C23H25O4PS. The lowest BCUT2D eigenvalue weighted by atomic mass is 9.99. The van der Waals surface area contributed by atoms with Gasteiger partial charge in [-0.3, -0.25) is 0 Å². The van der Waals surface area contributed by atoms with Crippen molar-refractivity contribution in [3.63, 3.8) is 0 Å². The Kier molecular flexibility index (Phi) is 7.57. The van der Waals surface area contributed by atoms with E-state index < -0.39 is 12.0 Å². The van der Waals surface area contributed by atoms with Crippen molar-refractivity contribution < 1.29 is 18.7 Å².